The molecule has 158 valence electrons. The number of anilines is 1. The molecule has 0 N–H and O–H groups in total. The van der Waals surface area contributed by atoms with Crippen LogP contribution in [0.5, 0.6) is 0 Å². The highest BCUT2D eigenvalue weighted by Gasteiger charge is 2.31. The largest absolute Gasteiger partial charge is 0.438 e. The Balaban J connectivity index is 0.00000256. The Morgan fingerprint density at radius 2 is 1.90 bits per heavy atom. The number of fused-ring (bicyclic) bond motifs is 1. The number of nitrogens with zero attached hydrogens (tertiary/aromatic N) is 4. The second-order valence-corrected chi connectivity index (χ2v) is 9.10. The molecule has 4 rings (SSSR count). The second-order valence-electron chi connectivity index (χ2n) is 9.10. The van der Waals surface area contributed by atoms with E-state index in [-0.39, 0.29) is 17.8 Å². The molecule has 1 fully saturated rings. The molecule has 2 aromatic carbocycles. The van der Waals surface area contributed by atoms with Crippen molar-refractivity contribution >= 4 is 29.2 Å². The van der Waals surface area contributed by atoms with Gasteiger partial charge in [-0.1, -0.05) is 51.1 Å². The van der Waals surface area contributed by atoms with E-state index in [1.807, 2.05) is 24.3 Å². The van der Waals surface area contributed by atoms with E-state index in [9.17, 15) is 5.26 Å². The van der Waals surface area contributed by atoms with Crippen LogP contribution in [0, 0.1) is 11.3 Å². The molecular formula is C24H29ClN4O. The quantitative estimate of drug-likeness (QED) is 0.576. The number of benzene rings is 2. The Morgan fingerprint density at radius 3 is 2.47 bits per heavy atom. The predicted octanol–water partition coefficient (Wildman–Crippen LogP) is 5.23. The van der Waals surface area contributed by atoms with E-state index in [2.05, 4.69) is 62.9 Å². The second kappa shape index (κ2) is 8.29. The van der Waals surface area contributed by atoms with Gasteiger partial charge < -0.3 is 14.2 Å². The summed E-state index contributed by atoms with van der Waals surface area (Å²) in [5, 5.41) is 9.84. The van der Waals surface area contributed by atoms with Gasteiger partial charge in [-0.05, 0) is 32.1 Å². The summed E-state index contributed by atoms with van der Waals surface area (Å²) in [7, 11) is 4.26. The Bertz CT molecular complexity index is 1080. The third kappa shape index (κ3) is 3.90. The number of hydrogen-bond acceptors (Lipinski definition) is 5. The minimum atomic E-state index is -0.229. The molecule has 1 atom stereocenters. The molecule has 6 heteroatoms. The fourth-order valence-corrected chi connectivity index (χ4v) is 3.99. The Kier molecular flexibility index (Phi) is 6.12. The van der Waals surface area contributed by atoms with Crippen LogP contribution in [0.2, 0.25) is 0 Å². The first-order chi connectivity index (χ1) is 13.8. The van der Waals surface area contributed by atoms with Gasteiger partial charge in [0.15, 0.2) is 5.58 Å². The van der Waals surface area contributed by atoms with Gasteiger partial charge in [-0.15, -0.1) is 12.4 Å². The Labute approximate surface area is 184 Å². The van der Waals surface area contributed by atoms with Crippen molar-refractivity contribution in [3.63, 3.8) is 0 Å². The fraction of sp³-hybridized carbons (Fsp3) is 0.417. The third-order valence-electron chi connectivity index (χ3n) is 5.70. The maximum Gasteiger partial charge on any atom is 0.201 e. The maximum absolute atomic E-state index is 9.84. The average molecular weight is 425 g/mol. The van der Waals surface area contributed by atoms with E-state index in [1.54, 1.807) is 0 Å². The number of hydrogen-bond donors (Lipinski definition) is 0. The molecule has 0 unspecified atom stereocenters. The number of likely N-dealkylation sites (N-methyl/N-ethyl adjacent to an activating group) is 1. The van der Waals surface area contributed by atoms with E-state index in [0.717, 1.165) is 41.9 Å². The molecule has 1 aromatic heterocycles. The van der Waals surface area contributed by atoms with Gasteiger partial charge in [-0.2, -0.15) is 5.26 Å². The van der Waals surface area contributed by atoms with Gasteiger partial charge in [-0.3, -0.25) is 0 Å². The Hall–Kier alpha value is -2.55. The number of nitriles is 1. The zero-order valence-electron chi connectivity index (χ0n) is 18.3. The molecule has 0 saturated carbocycles. The lowest BCUT2D eigenvalue weighted by Crippen LogP contribution is -2.31. The predicted molar refractivity (Wildman–Crippen MR) is 124 cm³/mol. The first kappa shape index (κ1) is 22.1. The molecule has 0 aliphatic carbocycles. The smallest absolute Gasteiger partial charge is 0.201 e. The summed E-state index contributed by atoms with van der Waals surface area (Å²) < 4.78 is 6.36. The van der Waals surface area contributed by atoms with Crippen LogP contribution in [0.15, 0.2) is 40.8 Å². The molecular weight excluding hydrogens is 396 g/mol. The highest BCUT2D eigenvalue weighted by Crippen LogP contribution is 2.42. The van der Waals surface area contributed by atoms with E-state index < -0.39 is 0 Å². The van der Waals surface area contributed by atoms with Crippen molar-refractivity contribution in [1.29, 1.82) is 5.26 Å². The fourth-order valence-electron chi connectivity index (χ4n) is 3.99. The van der Waals surface area contributed by atoms with Crippen molar-refractivity contribution in [2.24, 2.45) is 0 Å². The van der Waals surface area contributed by atoms with E-state index in [0.29, 0.717) is 23.0 Å². The van der Waals surface area contributed by atoms with Crippen molar-refractivity contribution in [2.45, 2.75) is 38.6 Å². The third-order valence-corrected chi connectivity index (χ3v) is 5.70. The first-order valence-electron chi connectivity index (χ1n) is 10.1. The highest BCUT2D eigenvalue weighted by atomic mass is 35.5. The average Bonchev–Trinajstić information content (AvgIpc) is 3.35. The molecule has 5 nitrogen and oxygen atoms in total. The van der Waals surface area contributed by atoms with Crippen LogP contribution in [0.1, 0.15) is 38.6 Å². The number of rotatable bonds is 3. The normalized spacial score (nSPS) is 16.7. The summed E-state index contributed by atoms with van der Waals surface area (Å²) >= 11 is 0. The number of oxazole rings is 1. The van der Waals surface area contributed by atoms with E-state index in [4.69, 9.17) is 9.40 Å². The van der Waals surface area contributed by atoms with Crippen molar-refractivity contribution in [1.82, 2.24) is 9.88 Å². The lowest BCUT2D eigenvalue weighted by Gasteiger charge is -2.24. The van der Waals surface area contributed by atoms with Crippen molar-refractivity contribution in [2.75, 3.05) is 32.1 Å². The molecule has 1 aliphatic heterocycles. The number of aromatic nitrogens is 1. The summed E-state index contributed by atoms with van der Waals surface area (Å²) in [5.74, 6) is 0.666. The van der Waals surface area contributed by atoms with Crippen LogP contribution in [-0.4, -0.2) is 43.1 Å². The minimum absolute atomic E-state index is 0. The van der Waals surface area contributed by atoms with Gasteiger partial charge in [0.1, 0.15) is 11.6 Å². The van der Waals surface area contributed by atoms with Gasteiger partial charge >= 0.3 is 0 Å². The molecule has 1 aliphatic rings. The summed E-state index contributed by atoms with van der Waals surface area (Å²) in [6.07, 6.45) is 1.10. The standard InChI is InChI=1S/C24H28N4O.ClH/c1-24(2,3)23-26-20-17(14-25)13-19(16-9-7-6-8-10-16)21(22(20)29-23)28-12-11-18(15-28)27(4)5;/h6-10,13,18H,11-12,15H2,1-5H3;1H/t18-;/m0./s1. The summed E-state index contributed by atoms with van der Waals surface area (Å²) in [6, 6.07) is 15.1. The zero-order valence-corrected chi connectivity index (χ0v) is 19.1. The molecule has 0 spiro atoms. The van der Waals surface area contributed by atoms with Crippen LogP contribution in [0.25, 0.3) is 22.2 Å². The van der Waals surface area contributed by atoms with E-state index >= 15 is 0 Å². The minimum Gasteiger partial charge on any atom is -0.438 e. The van der Waals surface area contributed by atoms with Gasteiger partial charge in [0.2, 0.25) is 5.89 Å². The lowest BCUT2D eigenvalue weighted by atomic mass is 9.97. The summed E-state index contributed by atoms with van der Waals surface area (Å²) in [4.78, 5) is 9.43. The van der Waals surface area contributed by atoms with Gasteiger partial charge in [-0.25, -0.2) is 4.98 Å². The topological polar surface area (TPSA) is 56.3 Å². The molecule has 3 aromatic rings. The van der Waals surface area contributed by atoms with Gasteiger partial charge in [0.25, 0.3) is 0 Å². The molecule has 0 bridgehead atoms. The molecule has 2 heterocycles. The van der Waals surface area contributed by atoms with Crippen LogP contribution < -0.4 is 4.90 Å². The lowest BCUT2D eigenvalue weighted by molar-refractivity contribution is 0.315. The van der Waals surface area contributed by atoms with Crippen molar-refractivity contribution in [3.8, 4) is 17.2 Å². The molecule has 1 saturated heterocycles. The highest BCUT2D eigenvalue weighted by molar-refractivity contribution is 6.00. The van der Waals surface area contributed by atoms with Gasteiger partial charge in [0.05, 0.1) is 11.3 Å². The van der Waals surface area contributed by atoms with Crippen LogP contribution in [-0.2, 0) is 5.41 Å². The van der Waals surface area contributed by atoms with Crippen LogP contribution >= 0.6 is 12.4 Å². The molecule has 30 heavy (non-hydrogen) atoms. The summed E-state index contributed by atoms with van der Waals surface area (Å²) in [6.45, 7) is 8.13. The van der Waals surface area contributed by atoms with Crippen molar-refractivity contribution in [3.05, 3.63) is 47.9 Å². The first-order valence-corrected chi connectivity index (χ1v) is 10.1. The van der Waals surface area contributed by atoms with Crippen LogP contribution in [0.4, 0.5) is 5.69 Å². The van der Waals surface area contributed by atoms with Crippen LogP contribution in [0.3, 0.4) is 0 Å². The zero-order chi connectivity index (χ0) is 20.8. The number of halogens is 1. The Morgan fingerprint density at radius 1 is 1.20 bits per heavy atom. The van der Waals surface area contributed by atoms with Gasteiger partial charge in [0, 0.05) is 30.1 Å². The van der Waals surface area contributed by atoms with E-state index in [1.165, 1.54) is 0 Å². The molecule has 0 amide bonds. The monoisotopic (exact) mass is 424 g/mol. The maximum atomic E-state index is 9.84. The molecule has 0 radical (unpaired) electrons. The van der Waals surface area contributed by atoms with Crippen molar-refractivity contribution < 1.29 is 4.42 Å². The SMILES string of the molecule is CN(C)[C@H]1CCN(c2c(-c3ccccc3)cc(C#N)c3nc(C(C)(C)C)oc23)C1.Cl. The summed E-state index contributed by atoms with van der Waals surface area (Å²) in [5.41, 5.74) is 4.90.